The molecule has 0 aliphatic heterocycles. The molecular formula is C13H25NO2. The van der Waals surface area contributed by atoms with Gasteiger partial charge in [0.2, 0.25) is 0 Å². The van der Waals surface area contributed by atoms with E-state index in [0.717, 1.165) is 5.92 Å². The molecule has 0 bridgehead atoms. The zero-order valence-corrected chi connectivity index (χ0v) is 10.8. The van der Waals surface area contributed by atoms with Crippen LogP contribution in [0.3, 0.4) is 0 Å². The number of hydrogen-bond donors (Lipinski definition) is 1. The van der Waals surface area contributed by atoms with E-state index in [1.54, 1.807) is 0 Å². The van der Waals surface area contributed by atoms with Crippen molar-refractivity contribution in [3.05, 3.63) is 0 Å². The molecule has 1 unspecified atom stereocenters. The standard InChI is InChI=1S/C13H25NO2/c1-10(14-11(2)13(15)16-3)12-8-6-4-5-7-9-12/h10-12,14H,4-9H2,1-3H3/t10-,11?/m1/s1. The molecule has 1 saturated carbocycles. The molecule has 0 spiro atoms. The Labute approximate surface area is 98.9 Å². The van der Waals surface area contributed by atoms with Gasteiger partial charge in [0.15, 0.2) is 0 Å². The molecule has 1 N–H and O–H groups in total. The van der Waals surface area contributed by atoms with Crippen molar-refractivity contribution in [2.45, 2.75) is 64.5 Å². The predicted molar refractivity (Wildman–Crippen MR) is 65.3 cm³/mol. The first kappa shape index (κ1) is 13.5. The minimum Gasteiger partial charge on any atom is -0.468 e. The molecule has 0 aromatic carbocycles. The van der Waals surface area contributed by atoms with Gasteiger partial charge in [0, 0.05) is 6.04 Å². The highest BCUT2D eigenvalue weighted by molar-refractivity contribution is 5.75. The molecule has 1 aliphatic rings. The number of hydrogen-bond acceptors (Lipinski definition) is 3. The van der Waals surface area contributed by atoms with Crippen molar-refractivity contribution in [3.8, 4) is 0 Å². The molecule has 16 heavy (non-hydrogen) atoms. The fraction of sp³-hybridized carbons (Fsp3) is 0.923. The van der Waals surface area contributed by atoms with E-state index < -0.39 is 0 Å². The summed E-state index contributed by atoms with van der Waals surface area (Å²) in [6.07, 6.45) is 8.00. The van der Waals surface area contributed by atoms with Crippen LogP contribution in [0.1, 0.15) is 52.4 Å². The maximum absolute atomic E-state index is 11.3. The summed E-state index contributed by atoms with van der Waals surface area (Å²) < 4.78 is 4.72. The Morgan fingerprint density at radius 2 is 1.75 bits per heavy atom. The van der Waals surface area contributed by atoms with Crippen molar-refractivity contribution in [3.63, 3.8) is 0 Å². The van der Waals surface area contributed by atoms with Crippen molar-refractivity contribution in [1.29, 1.82) is 0 Å². The minimum atomic E-state index is -0.191. The van der Waals surface area contributed by atoms with Crippen molar-refractivity contribution in [2.75, 3.05) is 7.11 Å². The van der Waals surface area contributed by atoms with Crippen LogP contribution in [-0.4, -0.2) is 25.2 Å². The first-order valence-electron chi connectivity index (χ1n) is 6.49. The summed E-state index contributed by atoms with van der Waals surface area (Å²) in [5.74, 6) is 0.551. The Hall–Kier alpha value is -0.570. The Balaban J connectivity index is 2.37. The van der Waals surface area contributed by atoms with Gasteiger partial charge in [-0.05, 0) is 32.6 Å². The number of carbonyl (C=O) groups excluding carboxylic acids is 1. The van der Waals surface area contributed by atoms with Gasteiger partial charge in [0.1, 0.15) is 6.04 Å². The summed E-state index contributed by atoms with van der Waals surface area (Å²) in [4.78, 5) is 11.3. The highest BCUT2D eigenvalue weighted by Gasteiger charge is 2.22. The second kappa shape index (κ2) is 6.89. The number of ether oxygens (including phenoxy) is 1. The number of nitrogens with one attached hydrogen (secondary N) is 1. The molecule has 1 rings (SSSR count). The number of carbonyl (C=O) groups is 1. The first-order valence-corrected chi connectivity index (χ1v) is 6.49. The van der Waals surface area contributed by atoms with Crippen LogP contribution in [0.2, 0.25) is 0 Å². The Bertz CT molecular complexity index is 210. The van der Waals surface area contributed by atoms with E-state index in [0.29, 0.717) is 6.04 Å². The molecular weight excluding hydrogens is 202 g/mol. The lowest BCUT2D eigenvalue weighted by atomic mass is 9.92. The van der Waals surface area contributed by atoms with Gasteiger partial charge in [0.25, 0.3) is 0 Å². The van der Waals surface area contributed by atoms with Crippen LogP contribution in [0.4, 0.5) is 0 Å². The molecule has 0 saturated heterocycles. The molecule has 0 amide bonds. The summed E-state index contributed by atoms with van der Waals surface area (Å²) in [5, 5.41) is 3.35. The van der Waals surface area contributed by atoms with Gasteiger partial charge in [0.05, 0.1) is 7.11 Å². The molecule has 0 heterocycles. The third-order valence-corrected chi connectivity index (χ3v) is 3.67. The van der Waals surface area contributed by atoms with E-state index in [2.05, 4.69) is 12.2 Å². The van der Waals surface area contributed by atoms with Gasteiger partial charge in [-0.2, -0.15) is 0 Å². The third kappa shape index (κ3) is 4.12. The lowest BCUT2D eigenvalue weighted by Crippen LogP contribution is -2.44. The van der Waals surface area contributed by atoms with Gasteiger partial charge in [-0.15, -0.1) is 0 Å². The van der Waals surface area contributed by atoms with Crippen molar-refractivity contribution in [2.24, 2.45) is 5.92 Å². The van der Waals surface area contributed by atoms with Crippen molar-refractivity contribution in [1.82, 2.24) is 5.32 Å². The van der Waals surface area contributed by atoms with Crippen LogP contribution in [0.15, 0.2) is 0 Å². The van der Waals surface area contributed by atoms with Crippen molar-refractivity contribution >= 4 is 5.97 Å². The van der Waals surface area contributed by atoms with Gasteiger partial charge < -0.3 is 10.1 Å². The molecule has 3 heteroatoms. The zero-order valence-electron chi connectivity index (χ0n) is 10.8. The van der Waals surface area contributed by atoms with Crippen LogP contribution >= 0.6 is 0 Å². The van der Waals surface area contributed by atoms with Crippen LogP contribution in [0.5, 0.6) is 0 Å². The quantitative estimate of drug-likeness (QED) is 0.592. The summed E-state index contributed by atoms with van der Waals surface area (Å²) in [5.41, 5.74) is 0. The Kier molecular flexibility index (Phi) is 5.81. The topological polar surface area (TPSA) is 38.3 Å². The van der Waals surface area contributed by atoms with Gasteiger partial charge in [-0.25, -0.2) is 0 Å². The van der Waals surface area contributed by atoms with E-state index in [-0.39, 0.29) is 12.0 Å². The van der Waals surface area contributed by atoms with Gasteiger partial charge >= 0.3 is 5.97 Å². The van der Waals surface area contributed by atoms with Crippen LogP contribution in [0, 0.1) is 5.92 Å². The van der Waals surface area contributed by atoms with Crippen molar-refractivity contribution < 1.29 is 9.53 Å². The predicted octanol–water partition coefficient (Wildman–Crippen LogP) is 2.50. The second-order valence-electron chi connectivity index (χ2n) is 4.95. The van der Waals surface area contributed by atoms with E-state index in [9.17, 15) is 4.79 Å². The van der Waals surface area contributed by atoms with Gasteiger partial charge in [-0.3, -0.25) is 4.79 Å². The maximum atomic E-state index is 11.3. The molecule has 3 nitrogen and oxygen atoms in total. The maximum Gasteiger partial charge on any atom is 0.322 e. The van der Waals surface area contributed by atoms with E-state index in [1.807, 2.05) is 6.92 Å². The minimum absolute atomic E-state index is 0.166. The number of esters is 1. The van der Waals surface area contributed by atoms with E-state index >= 15 is 0 Å². The Morgan fingerprint density at radius 1 is 1.19 bits per heavy atom. The Morgan fingerprint density at radius 3 is 2.25 bits per heavy atom. The smallest absolute Gasteiger partial charge is 0.322 e. The SMILES string of the molecule is COC(=O)C(C)N[C@H](C)C1CCCCCC1. The summed E-state index contributed by atoms with van der Waals surface area (Å²) in [6, 6.07) is 0.218. The zero-order chi connectivity index (χ0) is 12.0. The molecule has 0 aromatic rings. The van der Waals surface area contributed by atoms with E-state index in [1.165, 1.54) is 45.6 Å². The highest BCUT2D eigenvalue weighted by atomic mass is 16.5. The summed E-state index contributed by atoms with van der Waals surface area (Å²) in [6.45, 7) is 4.06. The third-order valence-electron chi connectivity index (χ3n) is 3.67. The average Bonchev–Trinajstić information content (AvgIpc) is 2.56. The van der Waals surface area contributed by atoms with Gasteiger partial charge in [-0.1, -0.05) is 25.7 Å². The van der Waals surface area contributed by atoms with E-state index in [4.69, 9.17) is 4.74 Å². The molecule has 2 atom stereocenters. The average molecular weight is 227 g/mol. The fourth-order valence-corrected chi connectivity index (χ4v) is 2.59. The first-order chi connectivity index (χ1) is 7.65. The lowest BCUT2D eigenvalue weighted by Gasteiger charge is -2.26. The molecule has 1 aliphatic carbocycles. The molecule has 0 aromatic heterocycles. The normalized spacial score (nSPS) is 22.2. The second-order valence-corrected chi connectivity index (χ2v) is 4.95. The summed E-state index contributed by atoms with van der Waals surface area (Å²) in [7, 11) is 1.44. The van der Waals surface area contributed by atoms with Crippen LogP contribution in [-0.2, 0) is 9.53 Å². The highest BCUT2D eigenvalue weighted by Crippen LogP contribution is 2.25. The molecule has 0 radical (unpaired) electrons. The number of methoxy groups -OCH3 is 1. The van der Waals surface area contributed by atoms with Crippen LogP contribution in [0.25, 0.3) is 0 Å². The largest absolute Gasteiger partial charge is 0.468 e. The molecule has 1 fully saturated rings. The monoisotopic (exact) mass is 227 g/mol. The summed E-state index contributed by atoms with van der Waals surface area (Å²) >= 11 is 0. The number of rotatable bonds is 4. The fourth-order valence-electron chi connectivity index (χ4n) is 2.59. The van der Waals surface area contributed by atoms with Crippen LogP contribution < -0.4 is 5.32 Å². The lowest BCUT2D eigenvalue weighted by molar-refractivity contribution is -0.142. The molecule has 94 valence electrons.